The normalized spacial score (nSPS) is 19.9. The van der Waals surface area contributed by atoms with Crippen molar-refractivity contribution in [2.75, 3.05) is 25.1 Å². The fourth-order valence-electron chi connectivity index (χ4n) is 2.58. The molecule has 1 aromatic rings. The van der Waals surface area contributed by atoms with Gasteiger partial charge in [-0.05, 0) is 24.0 Å². The average Bonchev–Trinajstić information content (AvgIpc) is 2.45. The van der Waals surface area contributed by atoms with Crippen molar-refractivity contribution in [3.05, 3.63) is 29.8 Å². The van der Waals surface area contributed by atoms with Gasteiger partial charge in [0, 0.05) is 25.9 Å². The lowest BCUT2D eigenvalue weighted by molar-refractivity contribution is -0.120. The van der Waals surface area contributed by atoms with E-state index in [1.54, 1.807) is 7.11 Å². The van der Waals surface area contributed by atoms with Crippen LogP contribution in [-0.4, -0.2) is 32.2 Å². The highest BCUT2D eigenvalue weighted by Crippen LogP contribution is 2.35. The molecule has 4 nitrogen and oxygen atoms in total. The SMILES string of the molecule is COC(CN)CC(=O)N1CCC(C)c2ccccc21. The van der Waals surface area contributed by atoms with Gasteiger partial charge in [0.1, 0.15) is 0 Å². The minimum absolute atomic E-state index is 0.0941. The van der Waals surface area contributed by atoms with Gasteiger partial charge in [0.2, 0.25) is 5.91 Å². The number of methoxy groups -OCH3 is 1. The summed E-state index contributed by atoms with van der Waals surface area (Å²) in [5, 5.41) is 0. The number of nitrogens with two attached hydrogens (primary N) is 1. The van der Waals surface area contributed by atoms with Crippen molar-refractivity contribution in [2.45, 2.75) is 31.8 Å². The highest BCUT2D eigenvalue weighted by molar-refractivity contribution is 5.95. The summed E-state index contributed by atoms with van der Waals surface area (Å²) in [5.41, 5.74) is 7.88. The van der Waals surface area contributed by atoms with Gasteiger partial charge in [-0.3, -0.25) is 4.79 Å². The Hall–Kier alpha value is -1.39. The third-order valence-corrected chi connectivity index (χ3v) is 3.84. The molecule has 0 fully saturated rings. The number of benzene rings is 1. The van der Waals surface area contributed by atoms with Crippen molar-refractivity contribution in [1.82, 2.24) is 0 Å². The maximum absolute atomic E-state index is 12.4. The second-order valence-corrected chi connectivity index (χ2v) is 5.09. The summed E-state index contributed by atoms with van der Waals surface area (Å²) in [4.78, 5) is 14.3. The number of rotatable bonds is 4. The van der Waals surface area contributed by atoms with Crippen LogP contribution in [-0.2, 0) is 9.53 Å². The molecule has 0 saturated heterocycles. The van der Waals surface area contributed by atoms with Crippen molar-refractivity contribution < 1.29 is 9.53 Å². The first kappa shape index (κ1) is 14.0. The minimum atomic E-state index is -0.195. The molecule has 0 aliphatic carbocycles. The summed E-state index contributed by atoms with van der Waals surface area (Å²) in [7, 11) is 1.59. The Balaban J connectivity index is 2.18. The van der Waals surface area contributed by atoms with Crippen molar-refractivity contribution in [3.63, 3.8) is 0 Å². The van der Waals surface area contributed by atoms with E-state index in [4.69, 9.17) is 10.5 Å². The van der Waals surface area contributed by atoms with Crippen LogP contribution < -0.4 is 10.6 Å². The van der Waals surface area contributed by atoms with Gasteiger partial charge >= 0.3 is 0 Å². The highest BCUT2D eigenvalue weighted by atomic mass is 16.5. The van der Waals surface area contributed by atoms with Gasteiger partial charge in [-0.2, -0.15) is 0 Å². The molecule has 1 amide bonds. The number of fused-ring (bicyclic) bond motifs is 1. The Bertz CT molecular complexity index is 444. The summed E-state index contributed by atoms with van der Waals surface area (Å²) in [5.74, 6) is 0.602. The van der Waals surface area contributed by atoms with Gasteiger partial charge in [-0.15, -0.1) is 0 Å². The van der Waals surface area contributed by atoms with Gasteiger partial charge in [0.05, 0.1) is 12.5 Å². The van der Waals surface area contributed by atoms with Crippen LogP contribution in [0.4, 0.5) is 5.69 Å². The maximum atomic E-state index is 12.4. The van der Waals surface area contributed by atoms with Crippen LogP contribution >= 0.6 is 0 Å². The van der Waals surface area contributed by atoms with E-state index in [0.29, 0.717) is 18.9 Å². The molecule has 0 spiro atoms. The first-order valence-corrected chi connectivity index (χ1v) is 6.79. The monoisotopic (exact) mass is 262 g/mol. The zero-order valence-electron chi connectivity index (χ0n) is 11.6. The van der Waals surface area contributed by atoms with Crippen molar-refractivity contribution in [1.29, 1.82) is 0 Å². The number of carbonyl (C=O) groups is 1. The standard InChI is InChI=1S/C15H22N2O2/c1-11-7-8-17(14-6-4-3-5-13(11)14)15(18)9-12(10-16)19-2/h3-6,11-12H,7-10,16H2,1-2H3. The summed E-state index contributed by atoms with van der Waals surface area (Å²) >= 11 is 0. The summed E-state index contributed by atoms with van der Waals surface area (Å²) in [6.45, 7) is 3.35. The molecular formula is C15H22N2O2. The van der Waals surface area contributed by atoms with Crippen LogP contribution in [0.2, 0.25) is 0 Å². The quantitative estimate of drug-likeness (QED) is 0.901. The van der Waals surface area contributed by atoms with Crippen LogP contribution in [0.15, 0.2) is 24.3 Å². The summed E-state index contributed by atoms with van der Waals surface area (Å²) < 4.78 is 5.20. The van der Waals surface area contributed by atoms with E-state index in [-0.39, 0.29) is 12.0 Å². The van der Waals surface area contributed by atoms with Gasteiger partial charge in [-0.25, -0.2) is 0 Å². The lowest BCUT2D eigenvalue weighted by atomic mass is 9.91. The Labute approximate surface area is 114 Å². The minimum Gasteiger partial charge on any atom is -0.380 e. The predicted octanol–water partition coefficient (Wildman–Crippen LogP) is 1.89. The number of hydrogen-bond donors (Lipinski definition) is 1. The number of nitrogens with zero attached hydrogens (tertiary/aromatic N) is 1. The molecule has 2 rings (SSSR count). The molecule has 104 valence electrons. The summed E-state index contributed by atoms with van der Waals surface area (Å²) in [6.07, 6.45) is 1.15. The highest BCUT2D eigenvalue weighted by Gasteiger charge is 2.27. The van der Waals surface area contributed by atoms with Crippen LogP contribution in [0.1, 0.15) is 31.2 Å². The first-order chi connectivity index (χ1) is 9.17. The Kier molecular flexibility index (Phi) is 4.56. The second kappa shape index (κ2) is 6.17. The number of ether oxygens (including phenoxy) is 1. The van der Waals surface area contributed by atoms with Crippen LogP contribution in [0.3, 0.4) is 0 Å². The Morgan fingerprint density at radius 2 is 2.26 bits per heavy atom. The second-order valence-electron chi connectivity index (χ2n) is 5.09. The number of carbonyl (C=O) groups excluding carboxylic acids is 1. The van der Waals surface area contributed by atoms with E-state index >= 15 is 0 Å². The third-order valence-electron chi connectivity index (χ3n) is 3.84. The van der Waals surface area contributed by atoms with Gasteiger partial charge in [0.25, 0.3) is 0 Å². The lowest BCUT2D eigenvalue weighted by Gasteiger charge is -2.33. The maximum Gasteiger partial charge on any atom is 0.229 e. The molecule has 2 N–H and O–H groups in total. The molecule has 1 aliphatic heterocycles. The number of hydrogen-bond acceptors (Lipinski definition) is 3. The molecule has 2 atom stereocenters. The molecular weight excluding hydrogens is 240 g/mol. The van der Waals surface area contributed by atoms with E-state index in [2.05, 4.69) is 13.0 Å². The lowest BCUT2D eigenvalue weighted by Crippen LogP contribution is -2.39. The number of anilines is 1. The molecule has 4 heteroatoms. The number of amides is 1. The molecule has 1 aromatic carbocycles. The van der Waals surface area contributed by atoms with E-state index in [1.807, 2.05) is 23.1 Å². The predicted molar refractivity (Wildman–Crippen MR) is 76.3 cm³/mol. The van der Waals surface area contributed by atoms with Crippen LogP contribution in [0, 0.1) is 0 Å². The molecule has 0 radical (unpaired) electrons. The fraction of sp³-hybridized carbons (Fsp3) is 0.533. The van der Waals surface area contributed by atoms with Gasteiger partial charge in [-0.1, -0.05) is 25.1 Å². The smallest absolute Gasteiger partial charge is 0.229 e. The zero-order chi connectivity index (χ0) is 13.8. The van der Waals surface area contributed by atoms with Crippen LogP contribution in [0.5, 0.6) is 0 Å². The van der Waals surface area contributed by atoms with E-state index in [1.165, 1.54) is 5.56 Å². The molecule has 2 unspecified atom stereocenters. The topological polar surface area (TPSA) is 55.6 Å². The molecule has 0 aromatic heterocycles. The average molecular weight is 262 g/mol. The molecule has 0 bridgehead atoms. The van der Waals surface area contributed by atoms with E-state index in [9.17, 15) is 4.79 Å². The largest absolute Gasteiger partial charge is 0.380 e. The molecule has 1 heterocycles. The molecule has 1 aliphatic rings. The van der Waals surface area contributed by atoms with Gasteiger partial charge in [0.15, 0.2) is 0 Å². The molecule has 19 heavy (non-hydrogen) atoms. The third kappa shape index (κ3) is 2.96. The molecule has 0 saturated carbocycles. The van der Waals surface area contributed by atoms with E-state index < -0.39 is 0 Å². The van der Waals surface area contributed by atoms with Crippen molar-refractivity contribution in [3.8, 4) is 0 Å². The number of para-hydroxylation sites is 1. The first-order valence-electron chi connectivity index (χ1n) is 6.79. The summed E-state index contributed by atoms with van der Waals surface area (Å²) in [6, 6.07) is 8.14. The Morgan fingerprint density at radius 3 is 2.95 bits per heavy atom. The van der Waals surface area contributed by atoms with Gasteiger partial charge < -0.3 is 15.4 Å². The van der Waals surface area contributed by atoms with Crippen molar-refractivity contribution in [2.24, 2.45) is 5.73 Å². The fourth-order valence-corrected chi connectivity index (χ4v) is 2.58. The van der Waals surface area contributed by atoms with Crippen LogP contribution in [0.25, 0.3) is 0 Å². The van der Waals surface area contributed by atoms with E-state index in [0.717, 1.165) is 18.7 Å². The van der Waals surface area contributed by atoms with Crippen molar-refractivity contribution >= 4 is 11.6 Å². The Morgan fingerprint density at radius 1 is 1.53 bits per heavy atom. The zero-order valence-corrected chi connectivity index (χ0v) is 11.6.